The minimum atomic E-state index is 0.444. The lowest BCUT2D eigenvalue weighted by Gasteiger charge is -2.10. The van der Waals surface area contributed by atoms with Gasteiger partial charge < -0.3 is 0 Å². The molecule has 3 heteroatoms. The SMILES string of the molecule is Sc1cccc(C2C=NCC2)c1S. The van der Waals surface area contributed by atoms with E-state index in [1.807, 2.05) is 18.3 Å². The van der Waals surface area contributed by atoms with Gasteiger partial charge in [0.2, 0.25) is 0 Å². The molecule has 68 valence electrons. The van der Waals surface area contributed by atoms with Gasteiger partial charge in [0.15, 0.2) is 0 Å². The summed E-state index contributed by atoms with van der Waals surface area (Å²) in [5.41, 5.74) is 1.25. The van der Waals surface area contributed by atoms with E-state index in [1.54, 1.807) is 0 Å². The van der Waals surface area contributed by atoms with Crippen molar-refractivity contribution in [1.82, 2.24) is 0 Å². The summed E-state index contributed by atoms with van der Waals surface area (Å²) in [6.45, 7) is 0.939. The summed E-state index contributed by atoms with van der Waals surface area (Å²) in [6, 6.07) is 6.08. The smallest absolute Gasteiger partial charge is 0.0395 e. The molecule has 1 aliphatic heterocycles. The van der Waals surface area contributed by atoms with Crippen molar-refractivity contribution in [2.75, 3.05) is 6.54 Å². The normalized spacial score (nSPS) is 20.9. The van der Waals surface area contributed by atoms with Crippen molar-refractivity contribution in [2.45, 2.75) is 22.1 Å². The van der Waals surface area contributed by atoms with Crippen LogP contribution in [0.1, 0.15) is 17.9 Å². The molecule has 1 aliphatic rings. The second-order valence-electron chi connectivity index (χ2n) is 3.17. The van der Waals surface area contributed by atoms with Crippen LogP contribution in [0.2, 0.25) is 0 Å². The van der Waals surface area contributed by atoms with Crippen molar-refractivity contribution < 1.29 is 0 Å². The van der Waals surface area contributed by atoms with Crippen LogP contribution in [0.15, 0.2) is 33.0 Å². The first-order valence-electron chi connectivity index (χ1n) is 4.30. The number of nitrogens with zero attached hydrogens (tertiary/aromatic N) is 1. The number of hydrogen-bond donors (Lipinski definition) is 2. The molecule has 0 amide bonds. The first-order chi connectivity index (χ1) is 6.29. The Labute approximate surface area is 89.1 Å². The Kier molecular flexibility index (Phi) is 2.65. The molecule has 0 saturated carbocycles. The fourth-order valence-corrected chi connectivity index (χ4v) is 2.10. The molecule has 0 fully saturated rings. The van der Waals surface area contributed by atoms with Gasteiger partial charge in [0, 0.05) is 28.5 Å². The van der Waals surface area contributed by atoms with E-state index in [0.717, 1.165) is 22.8 Å². The summed E-state index contributed by atoms with van der Waals surface area (Å²) in [7, 11) is 0. The van der Waals surface area contributed by atoms with Gasteiger partial charge in [0.25, 0.3) is 0 Å². The molecule has 1 unspecified atom stereocenters. The molecule has 0 aliphatic carbocycles. The third-order valence-electron chi connectivity index (χ3n) is 2.30. The van der Waals surface area contributed by atoms with Crippen molar-refractivity contribution in [3.63, 3.8) is 0 Å². The van der Waals surface area contributed by atoms with Gasteiger partial charge in [-0.2, -0.15) is 0 Å². The van der Waals surface area contributed by atoms with Crippen LogP contribution in [0.25, 0.3) is 0 Å². The molecule has 0 radical (unpaired) electrons. The lowest BCUT2D eigenvalue weighted by Crippen LogP contribution is -1.97. The maximum atomic E-state index is 4.45. The quantitative estimate of drug-likeness (QED) is 0.660. The van der Waals surface area contributed by atoms with Gasteiger partial charge in [-0.3, -0.25) is 4.99 Å². The molecule has 0 N–H and O–H groups in total. The molecule has 0 saturated heterocycles. The lowest BCUT2D eigenvalue weighted by atomic mass is 9.99. The maximum absolute atomic E-state index is 4.45. The standard InChI is InChI=1S/C10H11NS2/c12-9-3-1-2-8(10(9)13)7-4-5-11-6-7/h1-3,6-7,12-13H,4-5H2. The number of benzene rings is 1. The highest BCUT2D eigenvalue weighted by atomic mass is 32.1. The lowest BCUT2D eigenvalue weighted by molar-refractivity contribution is 0.825. The highest BCUT2D eigenvalue weighted by Crippen LogP contribution is 2.30. The van der Waals surface area contributed by atoms with Crippen LogP contribution in [-0.4, -0.2) is 12.8 Å². The average Bonchev–Trinajstić information content (AvgIpc) is 2.62. The summed E-state index contributed by atoms with van der Waals surface area (Å²) in [5.74, 6) is 0.444. The van der Waals surface area contributed by atoms with E-state index in [4.69, 9.17) is 0 Å². The second kappa shape index (κ2) is 3.76. The van der Waals surface area contributed by atoms with Gasteiger partial charge in [-0.05, 0) is 18.1 Å². The van der Waals surface area contributed by atoms with E-state index in [9.17, 15) is 0 Å². The van der Waals surface area contributed by atoms with Crippen molar-refractivity contribution in [3.8, 4) is 0 Å². The van der Waals surface area contributed by atoms with Crippen LogP contribution >= 0.6 is 25.3 Å². The van der Waals surface area contributed by atoms with Gasteiger partial charge in [0.1, 0.15) is 0 Å². The van der Waals surface area contributed by atoms with E-state index in [-0.39, 0.29) is 0 Å². The molecule has 1 nitrogen and oxygen atoms in total. The van der Waals surface area contributed by atoms with Crippen LogP contribution < -0.4 is 0 Å². The predicted molar refractivity (Wildman–Crippen MR) is 61.7 cm³/mol. The highest BCUT2D eigenvalue weighted by molar-refractivity contribution is 7.83. The van der Waals surface area contributed by atoms with Crippen LogP contribution in [-0.2, 0) is 0 Å². The summed E-state index contributed by atoms with van der Waals surface area (Å²) in [6.07, 6.45) is 3.12. The van der Waals surface area contributed by atoms with Gasteiger partial charge in [0.05, 0.1) is 0 Å². The molecule has 0 spiro atoms. The fourth-order valence-electron chi connectivity index (χ4n) is 1.57. The van der Waals surface area contributed by atoms with Crippen LogP contribution in [0.3, 0.4) is 0 Å². The third-order valence-corrected chi connectivity index (χ3v) is 3.35. The molecule has 13 heavy (non-hydrogen) atoms. The molecule has 2 rings (SSSR count). The molecule has 1 atom stereocenters. The molecule has 0 bridgehead atoms. The van der Waals surface area contributed by atoms with Crippen molar-refractivity contribution in [2.24, 2.45) is 4.99 Å². The molecule has 1 aromatic rings. The fraction of sp³-hybridized carbons (Fsp3) is 0.300. The second-order valence-corrected chi connectivity index (χ2v) is 4.09. The average molecular weight is 209 g/mol. The Morgan fingerprint density at radius 3 is 2.85 bits per heavy atom. The summed E-state index contributed by atoms with van der Waals surface area (Å²) in [5, 5.41) is 0. The zero-order chi connectivity index (χ0) is 9.26. The van der Waals surface area contributed by atoms with Gasteiger partial charge in [-0.1, -0.05) is 12.1 Å². The highest BCUT2D eigenvalue weighted by Gasteiger charge is 2.15. The molecule has 1 heterocycles. The molecule has 1 aromatic carbocycles. The first kappa shape index (κ1) is 9.16. The molecular formula is C10H11NS2. The zero-order valence-electron chi connectivity index (χ0n) is 7.14. The third kappa shape index (κ3) is 1.76. The Morgan fingerprint density at radius 2 is 2.15 bits per heavy atom. The predicted octanol–water partition coefficient (Wildman–Crippen LogP) is 2.82. The van der Waals surface area contributed by atoms with Crippen molar-refractivity contribution >= 4 is 31.5 Å². The minimum Gasteiger partial charge on any atom is -0.297 e. The zero-order valence-corrected chi connectivity index (χ0v) is 8.93. The number of rotatable bonds is 1. The van der Waals surface area contributed by atoms with Crippen LogP contribution in [0.5, 0.6) is 0 Å². The summed E-state index contributed by atoms with van der Waals surface area (Å²) < 4.78 is 0. The molecule has 0 aromatic heterocycles. The van der Waals surface area contributed by atoms with Gasteiger partial charge in [-0.15, -0.1) is 25.3 Å². The minimum absolute atomic E-state index is 0.444. The molecular weight excluding hydrogens is 198 g/mol. The van der Waals surface area contributed by atoms with Crippen molar-refractivity contribution in [1.29, 1.82) is 0 Å². The van der Waals surface area contributed by atoms with E-state index in [0.29, 0.717) is 5.92 Å². The van der Waals surface area contributed by atoms with Crippen LogP contribution in [0.4, 0.5) is 0 Å². The Balaban J connectivity index is 2.39. The number of aliphatic imine (C=N–C) groups is 1. The topological polar surface area (TPSA) is 12.4 Å². The monoisotopic (exact) mass is 209 g/mol. The Hall–Kier alpha value is -0.410. The summed E-state index contributed by atoms with van der Waals surface area (Å²) in [4.78, 5) is 6.16. The van der Waals surface area contributed by atoms with Gasteiger partial charge >= 0.3 is 0 Å². The largest absolute Gasteiger partial charge is 0.297 e. The Morgan fingerprint density at radius 1 is 1.31 bits per heavy atom. The van der Waals surface area contributed by atoms with Crippen molar-refractivity contribution in [3.05, 3.63) is 23.8 Å². The van der Waals surface area contributed by atoms with E-state index in [1.165, 1.54) is 5.56 Å². The first-order valence-corrected chi connectivity index (χ1v) is 5.19. The number of hydrogen-bond acceptors (Lipinski definition) is 3. The number of thiol groups is 2. The van der Waals surface area contributed by atoms with Crippen LogP contribution in [0, 0.1) is 0 Å². The maximum Gasteiger partial charge on any atom is 0.0395 e. The Bertz CT molecular complexity index is 347. The van der Waals surface area contributed by atoms with E-state index in [2.05, 4.69) is 36.3 Å². The van der Waals surface area contributed by atoms with E-state index < -0.39 is 0 Å². The van der Waals surface area contributed by atoms with E-state index >= 15 is 0 Å². The van der Waals surface area contributed by atoms with Gasteiger partial charge in [-0.25, -0.2) is 0 Å². The summed E-state index contributed by atoms with van der Waals surface area (Å²) >= 11 is 8.79.